The fraction of sp³-hybridized carbons (Fsp3) is 0.364. The number of likely N-dealkylation sites (N-methyl/N-ethyl adjacent to an activating group) is 1. The van der Waals surface area contributed by atoms with E-state index < -0.39 is 0 Å². The average molecular weight is 383 g/mol. The van der Waals surface area contributed by atoms with Gasteiger partial charge in [-0.1, -0.05) is 42.0 Å². The normalized spacial score (nSPS) is 10.3. The third-order valence-electron chi connectivity index (χ3n) is 4.33. The van der Waals surface area contributed by atoms with Crippen molar-refractivity contribution in [3.8, 4) is 5.75 Å². The van der Waals surface area contributed by atoms with Gasteiger partial charge in [-0.3, -0.25) is 4.79 Å². The fourth-order valence-corrected chi connectivity index (χ4v) is 2.67. The number of nitrogens with zero attached hydrogens (tertiary/aromatic N) is 2. The molecular formula is C22H29N3O3. The lowest BCUT2D eigenvalue weighted by atomic mass is 10.1. The average Bonchev–Trinajstić information content (AvgIpc) is 2.68. The second-order valence-electron chi connectivity index (χ2n) is 6.89. The first-order valence-corrected chi connectivity index (χ1v) is 9.39. The number of ether oxygens (including phenoxy) is 1. The second kappa shape index (κ2) is 10.3. The summed E-state index contributed by atoms with van der Waals surface area (Å²) in [6, 6.07) is 15.4. The van der Waals surface area contributed by atoms with Crippen LogP contribution in [0.5, 0.6) is 5.75 Å². The molecule has 0 saturated heterocycles. The minimum atomic E-state index is -0.113. The minimum absolute atomic E-state index is 0.0110. The Morgan fingerprint density at radius 1 is 1.04 bits per heavy atom. The van der Waals surface area contributed by atoms with E-state index >= 15 is 0 Å². The standard InChI is InChI=1S/C22H29N3O3/c1-5-25(15-19-10-6-8-17(2)12-19)22(27)23-14-18-9-7-11-20(13-18)28-16-21(26)24(3)4/h6-13H,5,14-16H2,1-4H3,(H,23,27). The van der Waals surface area contributed by atoms with Crippen LogP contribution >= 0.6 is 0 Å². The molecule has 6 nitrogen and oxygen atoms in total. The lowest BCUT2D eigenvalue weighted by molar-refractivity contribution is -0.130. The number of hydrogen-bond acceptors (Lipinski definition) is 3. The summed E-state index contributed by atoms with van der Waals surface area (Å²) >= 11 is 0. The van der Waals surface area contributed by atoms with Crippen molar-refractivity contribution < 1.29 is 14.3 Å². The Hall–Kier alpha value is -3.02. The quantitative estimate of drug-likeness (QED) is 0.761. The molecule has 0 spiro atoms. The van der Waals surface area contributed by atoms with Gasteiger partial charge in [-0.25, -0.2) is 4.79 Å². The van der Waals surface area contributed by atoms with Gasteiger partial charge in [0.1, 0.15) is 5.75 Å². The molecule has 2 rings (SSSR count). The van der Waals surface area contributed by atoms with Crippen molar-refractivity contribution in [2.75, 3.05) is 27.2 Å². The summed E-state index contributed by atoms with van der Waals surface area (Å²) in [5.74, 6) is 0.502. The number of carbonyl (C=O) groups excluding carboxylic acids is 2. The van der Waals surface area contributed by atoms with Gasteiger partial charge in [-0.15, -0.1) is 0 Å². The molecule has 0 atom stereocenters. The maximum absolute atomic E-state index is 12.5. The number of nitrogens with one attached hydrogen (secondary N) is 1. The predicted molar refractivity (Wildman–Crippen MR) is 110 cm³/mol. The molecule has 3 amide bonds. The minimum Gasteiger partial charge on any atom is -0.484 e. The topological polar surface area (TPSA) is 61.9 Å². The third kappa shape index (κ3) is 6.61. The first-order chi connectivity index (χ1) is 13.4. The van der Waals surface area contributed by atoms with Gasteiger partial charge >= 0.3 is 6.03 Å². The highest BCUT2D eigenvalue weighted by Gasteiger charge is 2.12. The molecule has 6 heteroatoms. The Morgan fingerprint density at radius 3 is 2.43 bits per heavy atom. The molecule has 0 unspecified atom stereocenters. The lowest BCUT2D eigenvalue weighted by Crippen LogP contribution is -2.39. The summed E-state index contributed by atoms with van der Waals surface area (Å²) in [6.45, 7) is 5.58. The number of urea groups is 1. The van der Waals surface area contributed by atoms with Crippen molar-refractivity contribution >= 4 is 11.9 Å². The Kier molecular flexibility index (Phi) is 7.87. The molecule has 1 N–H and O–H groups in total. The number of amides is 3. The van der Waals surface area contributed by atoms with Crippen molar-refractivity contribution in [1.29, 1.82) is 0 Å². The van der Waals surface area contributed by atoms with Crippen LogP contribution in [0.3, 0.4) is 0 Å². The van der Waals surface area contributed by atoms with E-state index in [0.29, 0.717) is 25.4 Å². The van der Waals surface area contributed by atoms with Crippen LogP contribution in [-0.2, 0) is 17.9 Å². The summed E-state index contributed by atoms with van der Waals surface area (Å²) in [5.41, 5.74) is 3.20. The lowest BCUT2D eigenvalue weighted by Gasteiger charge is -2.22. The van der Waals surface area contributed by atoms with Crippen LogP contribution in [0.15, 0.2) is 48.5 Å². The molecule has 0 aromatic heterocycles. The molecule has 0 aliphatic heterocycles. The highest BCUT2D eigenvalue weighted by molar-refractivity contribution is 5.77. The van der Waals surface area contributed by atoms with Gasteiger partial charge in [0.2, 0.25) is 0 Å². The van der Waals surface area contributed by atoms with Crippen molar-refractivity contribution in [1.82, 2.24) is 15.1 Å². The van der Waals surface area contributed by atoms with E-state index in [0.717, 1.165) is 11.1 Å². The maximum Gasteiger partial charge on any atom is 0.317 e. The Bertz CT molecular complexity index is 805. The number of carbonyl (C=O) groups is 2. The summed E-state index contributed by atoms with van der Waals surface area (Å²) in [6.07, 6.45) is 0. The third-order valence-corrected chi connectivity index (χ3v) is 4.33. The fourth-order valence-electron chi connectivity index (χ4n) is 2.67. The summed E-state index contributed by atoms with van der Waals surface area (Å²) in [4.78, 5) is 27.4. The zero-order valence-electron chi connectivity index (χ0n) is 17.1. The highest BCUT2D eigenvalue weighted by atomic mass is 16.5. The van der Waals surface area contributed by atoms with E-state index in [4.69, 9.17) is 4.74 Å². The van der Waals surface area contributed by atoms with Crippen molar-refractivity contribution in [2.45, 2.75) is 26.9 Å². The molecule has 0 bridgehead atoms. The molecule has 2 aromatic carbocycles. The summed E-state index contributed by atoms with van der Waals surface area (Å²) in [7, 11) is 3.38. The molecule has 0 heterocycles. The van der Waals surface area contributed by atoms with Crippen LogP contribution in [0.25, 0.3) is 0 Å². The SMILES string of the molecule is CCN(Cc1cccc(C)c1)C(=O)NCc1cccc(OCC(=O)N(C)C)c1. The van der Waals surface area contributed by atoms with E-state index in [1.807, 2.05) is 50.2 Å². The zero-order valence-corrected chi connectivity index (χ0v) is 17.1. The molecule has 28 heavy (non-hydrogen) atoms. The van der Waals surface area contributed by atoms with Crippen LogP contribution in [0.4, 0.5) is 4.79 Å². The largest absolute Gasteiger partial charge is 0.484 e. The second-order valence-corrected chi connectivity index (χ2v) is 6.89. The molecule has 0 aliphatic carbocycles. The van der Waals surface area contributed by atoms with Crippen molar-refractivity contribution in [3.05, 3.63) is 65.2 Å². The number of rotatable bonds is 8. The van der Waals surface area contributed by atoms with E-state index in [2.05, 4.69) is 11.4 Å². The van der Waals surface area contributed by atoms with E-state index in [1.54, 1.807) is 25.1 Å². The van der Waals surface area contributed by atoms with E-state index in [9.17, 15) is 9.59 Å². The highest BCUT2D eigenvalue weighted by Crippen LogP contribution is 2.14. The van der Waals surface area contributed by atoms with Crippen molar-refractivity contribution in [2.24, 2.45) is 0 Å². The summed E-state index contributed by atoms with van der Waals surface area (Å²) < 4.78 is 5.52. The Balaban J connectivity index is 1.90. The first kappa shape index (κ1) is 21.3. The van der Waals surface area contributed by atoms with Gasteiger partial charge in [0, 0.05) is 33.7 Å². The monoisotopic (exact) mass is 383 g/mol. The van der Waals surface area contributed by atoms with Crippen LogP contribution in [0.1, 0.15) is 23.6 Å². The van der Waals surface area contributed by atoms with Gasteiger partial charge in [0.15, 0.2) is 6.61 Å². The van der Waals surface area contributed by atoms with Crippen LogP contribution in [0.2, 0.25) is 0 Å². The first-order valence-electron chi connectivity index (χ1n) is 9.39. The molecule has 0 aliphatic rings. The molecule has 0 radical (unpaired) electrons. The smallest absolute Gasteiger partial charge is 0.317 e. The maximum atomic E-state index is 12.5. The van der Waals surface area contributed by atoms with Gasteiger partial charge in [-0.05, 0) is 37.1 Å². The number of aryl methyl sites for hydroxylation is 1. The molecular weight excluding hydrogens is 354 g/mol. The molecule has 0 fully saturated rings. The van der Waals surface area contributed by atoms with E-state index in [-0.39, 0.29) is 18.5 Å². The van der Waals surface area contributed by atoms with E-state index in [1.165, 1.54) is 10.5 Å². The zero-order chi connectivity index (χ0) is 20.5. The molecule has 150 valence electrons. The van der Waals surface area contributed by atoms with Gasteiger partial charge in [0.25, 0.3) is 5.91 Å². The van der Waals surface area contributed by atoms with Crippen LogP contribution in [-0.4, -0.2) is 49.0 Å². The Labute approximate surface area is 167 Å². The van der Waals surface area contributed by atoms with Crippen molar-refractivity contribution in [3.63, 3.8) is 0 Å². The number of benzene rings is 2. The van der Waals surface area contributed by atoms with Crippen LogP contribution < -0.4 is 10.1 Å². The van der Waals surface area contributed by atoms with Gasteiger partial charge in [-0.2, -0.15) is 0 Å². The predicted octanol–water partition coefficient (Wildman–Crippen LogP) is 3.19. The van der Waals surface area contributed by atoms with Crippen LogP contribution in [0, 0.1) is 6.92 Å². The summed E-state index contributed by atoms with van der Waals surface area (Å²) in [5, 5.41) is 2.95. The van der Waals surface area contributed by atoms with Gasteiger partial charge in [0.05, 0.1) is 0 Å². The molecule has 0 saturated carbocycles. The Morgan fingerprint density at radius 2 is 1.75 bits per heavy atom. The number of hydrogen-bond donors (Lipinski definition) is 1. The molecule has 2 aromatic rings. The van der Waals surface area contributed by atoms with Gasteiger partial charge < -0.3 is 19.9 Å².